The highest BCUT2D eigenvalue weighted by atomic mass is 16.5. The topological polar surface area (TPSA) is 64.3 Å². The highest BCUT2D eigenvalue weighted by molar-refractivity contribution is 5.80. The first kappa shape index (κ1) is 12.9. The van der Waals surface area contributed by atoms with Crippen molar-refractivity contribution in [1.29, 1.82) is 0 Å². The van der Waals surface area contributed by atoms with Gasteiger partial charge in [0.2, 0.25) is 5.91 Å². The molecule has 4 heteroatoms. The Morgan fingerprint density at radius 1 is 1.44 bits per heavy atom. The summed E-state index contributed by atoms with van der Waals surface area (Å²) in [5.41, 5.74) is 7.37. The average molecular weight is 248 g/mol. The highest BCUT2D eigenvalue weighted by Gasteiger charge is 2.28. The van der Waals surface area contributed by atoms with Crippen LogP contribution in [0.4, 0.5) is 5.69 Å². The number of amides is 1. The Bertz CT molecular complexity index is 420. The van der Waals surface area contributed by atoms with Crippen LogP contribution in [0.25, 0.3) is 0 Å². The summed E-state index contributed by atoms with van der Waals surface area (Å²) in [5, 5.41) is 3.04. The van der Waals surface area contributed by atoms with E-state index in [0.29, 0.717) is 12.1 Å². The van der Waals surface area contributed by atoms with Crippen LogP contribution in [0.3, 0.4) is 0 Å². The van der Waals surface area contributed by atoms with E-state index in [1.807, 2.05) is 24.3 Å². The molecule has 98 valence electrons. The number of ether oxygens (including phenoxy) is 1. The third-order valence-corrected chi connectivity index (χ3v) is 3.51. The lowest BCUT2D eigenvalue weighted by Gasteiger charge is -2.19. The molecule has 1 aliphatic rings. The molecule has 0 heterocycles. The number of hydrogen-bond donors (Lipinski definition) is 2. The van der Waals surface area contributed by atoms with Crippen molar-refractivity contribution < 1.29 is 9.53 Å². The molecule has 2 atom stereocenters. The van der Waals surface area contributed by atoms with Crippen LogP contribution < -0.4 is 11.1 Å². The van der Waals surface area contributed by atoms with Gasteiger partial charge >= 0.3 is 0 Å². The van der Waals surface area contributed by atoms with Crippen molar-refractivity contribution in [2.45, 2.75) is 37.8 Å². The quantitative estimate of drug-likeness (QED) is 0.794. The fourth-order valence-electron chi connectivity index (χ4n) is 2.50. The molecule has 3 N–H and O–H groups in total. The zero-order valence-corrected chi connectivity index (χ0v) is 10.7. The van der Waals surface area contributed by atoms with E-state index in [4.69, 9.17) is 10.5 Å². The van der Waals surface area contributed by atoms with Gasteiger partial charge in [0.25, 0.3) is 0 Å². The Balaban J connectivity index is 1.91. The van der Waals surface area contributed by atoms with E-state index in [2.05, 4.69) is 5.32 Å². The molecular weight excluding hydrogens is 228 g/mol. The molecule has 1 aromatic carbocycles. The lowest BCUT2D eigenvalue weighted by molar-refractivity contribution is -0.121. The van der Waals surface area contributed by atoms with Gasteiger partial charge in [0.1, 0.15) is 0 Å². The van der Waals surface area contributed by atoms with Crippen LogP contribution >= 0.6 is 0 Å². The average Bonchev–Trinajstić information content (AvgIpc) is 2.79. The number of hydrogen-bond acceptors (Lipinski definition) is 3. The van der Waals surface area contributed by atoms with Crippen LogP contribution in [0.5, 0.6) is 0 Å². The molecule has 0 bridgehead atoms. The highest BCUT2D eigenvalue weighted by Crippen LogP contribution is 2.21. The monoisotopic (exact) mass is 248 g/mol. The molecule has 0 spiro atoms. The summed E-state index contributed by atoms with van der Waals surface area (Å²) < 4.78 is 5.36. The van der Waals surface area contributed by atoms with Gasteiger partial charge in [-0.25, -0.2) is 0 Å². The number of anilines is 1. The number of methoxy groups -OCH3 is 1. The van der Waals surface area contributed by atoms with Crippen LogP contribution in [-0.4, -0.2) is 25.2 Å². The second-order valence-corrected chi connectivity index (χ2v) is 4.75. The second kappa shape index (κ2) is 5.87. The number of benzene rings is 1. The first-order valence-corrected chi connectivity index (χ1v) is 6.36. The van der Waals surface area contributed by atoms with E-state index >= 15 is 0 Å². The smallest absolute Gasteiger partial charge is 0.224 e. The molecule has 2 rings (SSSR count). The summed E-state index contributed by atoms with van der Waals surface area (Å²) >= 11 is 0. The molecule has 2 unspecified atom stereocenters. The predicted molar refractivity (Wildman–Crippen MR) is 71.1 cm³/mol. The lowest BCUT2D eigenvalue weighted by Crippen LogP contribution is -2.41. The van der Waals surface area contributed by atoms with Gasteiger partial charge in [0.15, 0.2) is 0 Å². The van der Waals surface area contributed by atoms with Gasteiger partial charge in [-0.3, -0.25) is 4.79 Å². The van der Waals surface area contributed by atoms with Crippen LogP contribution in [0.15, 0.2) is 24.3 Å². The van der Waals surface area contributed by atoms with Crippen LogP contribution in [0.1, 0.15) is 24.8 Å². The predicted octanol–water partition coefficient (Wildman–Crippen LogP) is 1.49. The SMILES string of the molecule is COC1CCCC1NC(=O)Cc1ccccc1N. The Labute approximate surface area is 108 Å². The van der Waals surface area contributed by atoms with E-state index in [0.717, 1.165) is 24.8 Å². The van der Waals surface area contributed by atoms with E-state index in [9.17, 15) is 4.79 Å². The molecule has 1 saturated carbocycles. The van der Waals surface area contributed by atoms with E-state index < -0.39 is 0 Å². The summed E-state index contributed by atoms with van der Waals surface area (Å²) in [6.45, 7) is 0. The van der Waals surface area contributed by atoms with Crippen molar-refractivity contribution in [1.82, 2.24) is 5.32 Å². The third kappa shape index (κ3) is 3.01. The van der Waals surface area contributed by atoms with Crippen molar-refractivity contribution in [2.75, 3.05) is 12.8 Å². The molecule has 1 fully saturated rings. The minimum atomic E-state index is 0.0156. The van der Waals surface area contributed by atoms with Crippen LogP contribution in [0.2, 0.25) is 0 Å². The normalized spacial score (nSPS) is 22.9. The maximum Gasteiger partial charge on any atom is 0.224 e. The molecular formula is C14H20N2O2. The summed E-state index contributed by atoms with van der Waals surface area (Å²) in [4.78, 5) is 12.0. The molecule has 0 radical (unpaired) electrons. The largest absolute Gasteiger partial charge is 0.398 e. The van der Waals surface area contributed by atoms with Gasteiger partial charge in [-0.2, -0.15) is 0 Å². The number of nitrogen functional groups attached to an aromatic ring is 1. The van der Waals surface area contributed by atoms with Gasteiger partial charge in [0.05, 0.1) is 18.6 Å². The Morgan fingerprint density at radius 3 is 2.94 bits per heavy atom. The summed E-state index contributed by atoms with van der Waals surface area (Å²) in [5.74, 6) is 0.0156. The van der Waals surface area contributed by atoms with E-state index in [-0.39, 0.29) is 18.1 Å². The van der Waals surface area contributed by atoms with E-state index in [1.54, 1.807) is 7.11 Å². The minimum absolute atomic E-state index is 0.0156. The zero-order valence-electron chi connectivity index (χ0n) is 10.7. The molecule has 0 aliphatic heterocycles. The van der Waals surface area contributed by atoms with Gasteiger partial charge in [-0.15, -0.1) is 0 Å². The summed E-state index contributed by atoms with van der Waals surface area (Å²) in [7, 11) is 1.70. The molecule has 4 nitrogen and oxygen atoms in total. The van der Waals surface area contributed by atoms with Gasteiger partial charge < -0.3 is 15.8 Å². The van der Waals surface area contributed by atoms with Crippen molar-refractivity contribution >= 4 is 11.6 Å². The molecule has 18 heavy (non-hydrogen) atoms. The van der Waals surface area contributed by atoms with Crippen molar-refractivity contribution in [3.05, 3.63) is 29.8 Å². The van der Waals surface area contributed by atoms with Crippen LogP contribution in [-0.2, 0) is 16.0 Å². The molecule has 1 amide bonds. The minimum Gasteiger partial charge on any atom is -0.398 e. The first-order valence-electron chi connectivity index (χ1n) is 6.36. The lowest BCUT2D eigenvalue weighted by atomic mass is 10.1. The fourth-order valence-corrected chi connectivity index (χ4v) is 2.50. The van der Waals surface area contributed by atoms with Gasteiger partial charge in [-0.1, -0.05) is 18.2 Å². The maximum atomic E-state index is 12.0. The van der Waals surface area contributed by atoms with Crippen LogP contribution in [0, 0.1) is 0 Å². The maximum absolute atomic E-state index is 12.0. The number of rotatable bonds is 4. The Hall–Kier alpha value is -1.55. The van der Waals surface area contributed by atoms with Crippen molar-refractivity contribution in [3.63, 3.8) is 0 Å². The number of carbonyl (C=O) groups is 1. The first-order chi connectivity index (χ1) is 8.70. The van der Waals surface area contributed by atoms with Gasteiger partial charge in [0, 0.05) is 12.8 Å². The third-order valence-electron chi connectivity index (χ3n) is 3.51. The Kier molecular flexibility index (Phi) is 4.20. The number of nitrogens with one attached hydrogen (secondary N) is 1. The molecule has 1 aliphatic carbocycles. The summed E-state index contributed by atoms with van der Waals surface area (Å²) in [6, 6.07) is 7.61. The number of nitrogens with two attached hydrogens (primary N) is 1. The number of para-hydroxylation sites is 1. The van der Waals surface area contributed by atoms with Crippen molar-refractivity contribution in [2.24, 2.45) is 0 Å². The molecule has 0 saturated heterocycles. The number of carbonyl (C=O) groups excluding carboxylic acids is 1. The van der Waals surface area contributed by atoms with Gasteiger partial charge in [-0.05, 0) is 30.9 Å². The molecule has 1 aromatic rings. The second-order valence-electron chi connectivity index (χ2n) is 4.75. The standard InChI is InChI=1S/C14H20N2O2/c1-18-13-8-4-7-12(13)16-14(17)9-10-5-2-3-6-11(10)15/h2-3,5-6,12-13H,4,7-9,15H2,1H3,(H,16,17). The molecule has 0 aromatic heterocycles. The Morgan fingerprint density at radius 2 is 2.22 bits per heavy atom. The zero-order chi connectivity index (χ0) is 13.0. The summed E-state index contributed by atoms with van der Waals surface area (Å²) in [6.07, 6.45) is 3.61. The fraction of sp³-hybridized carbons (Fsp3) is 0.500. The van der Waals surface area contributed by atoms with Crippen molar-refractivity contribution in [3.8, 4) is 0 Å². The van der Waals surface area contributed by atoms with E-state index in [1.165, 1.54) is 0 Å².